The quantitative estimate of drug-likeness (QED) is 0.815. The summed E-state index contributed by atoms with van der Waals surface area (Å²) in [7, 11) is 0. The number of rotatable bonds is 3. The van der Waals surface area contributed by atoms with E-state index in [9.17, 15) is 0 Å². The number of hydrogen-bond donors (Lipinski definition) is 1. The number of aliphatic hydroxyl groups excluding tert-OH is 1. The Balaban J connectivity index is 2.11. The molecule has 78 valence electrons. The summed E-state index contributed by atoms with van der Waals surface area (Å²) in [4.78, 5) is 12.4. The third-order valence-electron chi connectivity index (χ3n) is 1.55. The highest BCUT2D eigenvalue weighted by atomic mass is 32.2. The fourth-order valence-corrected chi connectivity index (χ4v) is 2.33. The molecule has 0 aromatic carbocycles. The van der Waals surface area contributed by atoms with Gasteiger partial charge in [-0.1, -0.05) is 0 Å². The molecule has 0 atom stereocenters. The topological polar surface area (TPSA) is 71.8 Å². The van der Waals surface area contributed by atoms with Crippen molar-refractivity contribution >= 4 is 23.3 Å². The average molecular weight is 240 g/mol. The predicted octanol–water partition coefficient (Wildman–Crippen LogP) is 1.28. The van der Waals surface area contributed by atoms with E-state index in [0.717, 1.165) is 10.2 Å². The molecule has 0 aliphatic heterocycles. The molecule has 2 aromatic rings. The minimum atomic E-state index is -0.0388. The molecule has 0 saturated carbocycles. The van der Waals surface area contributed by atoms with Gasteiger partial charge in [0.05, 0.1) is 6.61 Å². The van der Waals surface area contributed by atoms with Crippen LogP contribution in [0.1, 0.15) is 11.4 Å². The maximum atomic E-state index is 8.81. The van der Waals surface area contributed by atoms with E-state index in [2.05, 4.69) is 19.3 Å². The zero-order valence-electron chi connectivity index (χ0n) is 7.91. The van der Waals surface area contributed by atoms with Gasteiger partial charge >= 0.3 is 0 Å². The lowest BCUT2D eigenvalue weighted by Gasteiger charge is -1.96. The van der Waals surface area contributed by atoms with Gasteiger partial charge in [0.25, 0.3) is 0 Å². The molecule has 1 N–H and O–H groups in total. The van der Waals surface area contributed by atoms with Crippen LogP contribution in [0.3, 0.4) is 0 Å². The van der Waals surface area contributed by atoms with E-state index in [-0.39, 0.29) is 6.61 Å². The van der Waals surface area contributed by atoms with Crippen LogP contribution in [-0.4, -0.2) is 24.4 Å². The molecule has 7 heteroatoms. The van der Waals surface area contributed by atoms with E-state index >= 15 is 0 Å². The van der Waals surface area contributed by atoms with Crippen LogP contribution in [0, 0.1) is 6.92 Å². The molecule has 0 aliphatic carbocycles. The van der Waals surface area contributed by atoms with E-state index in [4.69, 9.17) is 5.11 Å². The Labute approximate surface area is 94.8 Å². The molecule has 15 heavy (non-hydrogen) atoms. The fourth-order valence-electron chi connectivity index (χ4n) is 0.875. The predicted molar refractivity (Wildman–Crippen MR) is 56.7 cm³/mol. The van der Waals surface area contributed by atoms with E-state index in [1.807, 2.05) is 6.92 Å². The van der Waals surface area contributed by atoms with Crippen molar-refractivity contribution in [3.05, 3.63) is 23.8 Å². The Bertz CT molecular complexity index is 442. The second-order valence-electron chi connectivity index (χ2n) is 2.74. The number of hydrogen-bond acceptors (Lipinski definition) is 7. The summed E-state index contributed by atoms with van der Waals surface area (Å²) < 4.78 is 4.88. The number of aromatic nitrogens is 4. The molecular formula is C8H8N4OS2. The maximum Gasteiger partial charge on any atom is 0.194 e. The Morgan fingerprint density at radius 3 is 2.67 bits per heavy atom. The third-order valence-corrected chi connectivity index (χ3v) is 3.29. The van der Waals surface area contributed by atoms with Gasteiger partial charge in [-0.05, 0) is 30.2 Å². The molecule has 0 bridgehead atoms. The normalized spacial score (nSPS) is 10.5. The lowest BCUT2D eigenvalue weighted by molar-refractivity contribution is 0.280. The lowest BCUT2D eigenvalue weighted by atomic mass is 10.4. The smallest absolute Gasteiger partial charge is 0.194 e. The molecule has 0 spiro atoms. The fraction of sp³-hybridized carbons (Fsp3) is 0.250. The monoisotopic (exact) mass is 240 g/mol. The molecule has 0 fully saturated rings. The molecule has 0 unspecified atom stereocenters. The second-order valence-corrected chi connectivity index (χ2v) is 4.71. The van der Waals surface area contributed by atoms with Crippen LogP contribution >= 0.6 is 23.3 Å². The summed E-state index contributed by atoms with van der Waals surface area (Å²) in [5.74, 6) is 0.759. The summed E-state index contributed by atoms with van der Waals surface area (Å²) in [5.41, 5.74) is 0.702. The van der Waals surface area contributed by atoms with Crippen LogP contribution in [0.25, 0.3) is 0 Å². The summed E-state index contributed by atoms with van der Waals surface area (Å²) in [6, 6.07) is 0. The highest BCUT2D eigenvalue weighted by Gasteiger charge is 2.05. The molecule has 5 nitrogen and oxygen atoms in total. The van der Waals surface area contributed by atoms with Crippen LogP contribution in [0.2, 0.25) is 0 Å². The Kier molecular flexibility index (Phi) is 3.24. The lowest BCUT2D eigenvalue weighted by Crippen LogP contribution is -1.90. The zero-order chi connectivity index (χ0) is 10.7. The molecule has 2 aromatic heterocycles. The molecule has 0 amide bonds. The van der Waals surface area contributed by atoms with Gasteiger partial charge in [-0.2, -0.15) is 4.37 Å². The SMILES string of the molecule is Cc1nsc(Sc2ncc(CO)cn2)n1. The summed E-state index contributed by atoms with van der Waals surface area (Å²) in [6.45, 7) is 1.80. The van der Waals surface area contributed by atoms with Gasteiger partial charge in [0, 0.05) is 18.0 Å². The van der Waals surface area contributed by atoms with Crippen LogP contribution in [-0.2, 0) is 6.61 Å². The van der Waals surface area contributed by atoms with Crippen molar-refractivity contribution in [1.82, 2.24) is 19.3 Å². The molecule has 2 rings (SSSR count). The van der Waals surface area contributed by atoms with Crippen molar-refractivity contribution in [1.29, 1.82) is 0 Å². The first-order valence-electron chi connectivity index (χ1n) is 4.18. The highest BCUT2D eigenvalue weighted by Crippen LogP contribution is 2.25. The standard InChI is InChI=1S/C8H8N4OS2/c1-5-11-8(15-12-5)14-7-9-2-6(4-13)3-10-7/h2-3,13H,4H2,1H3. The number of aryl methyl sites for hydroxylation is 1. The van der Waals surface area contributed by atoms with Gasteiger partial charge in [-0.25, -0.2) is 15.0 Å². The Hall–Kier alpha value is -1.05. The van der Waals surface area contributed by atoms with Crippen LogP contribution < -0.4 is 0 Å². The second kappa shape index (κ2) is 4.65. The maximum absolute atomic E-state index is 8.81. The van der Waals surface area contributed by atoms with Crippen molar-refractivity contribution in [2.75, 3.05) is 0 Å². The Morgan fingerprint density at radius 1 is 1.40 bits per heavy atom. The first-order chi connectivity index (χ1) is 7.28. The molecule has 2 heterocycles. The van der Waals surface area contributed by atoms with Crippen molar-refractivity contribution in [2.24, 2.45) is 0 Å². The van der Waals surface area contributed by atoms with Crippen LogP contribution in [0.4, 0.5) is 0 Å². The van der Waals surface area contributed by atoms with Gasteiger partial charge in [-0.15, -0.1) is 0 Å². The minimum absolute atomic E-state index is 0.0388. The first-order valence-corrected chi connectivity index (χ1v) is 5.77. The van der Waals surface area contributed by atoms with Gasteiger partial charge in [0.2, 0.25) is 0 Å². The minimum Gasteiger partial charge on any atom is -0.392 e. The highest BCUT2D eigenvalue weighted by molar-refractivity contribution is 8.00. The van der Waals surface area contributed by atoms with Gasteiger partial charge < -0.3 is 5.11 Å². The van der Waals surface area contributed by atoms with E-state index < -0.39 is 0 Å². The van der Waals surface area contributed by atoms with Gasteiger partial charge in [0.1, 0.15) is 5.82 Å². The molecule has 0 radical (unpaired) electrons. The number of nitrogens with zero attached hydrogens (tertiary/aromatic N) is 4. The van der Waals surface area contributed by atoms with E-state index in [1.54, 1.807) is 12.4 Å². The van der Waals surface area contributed by atoms with Gasteiger partial charge in [-0.3, -0.25) is 0 Å². The third kappa shape index (κ3) is 2.71. The van der Waals surface area contributed by atoms with Crippen LogP contribution in [0.15, 0.2) is 21.9 Å². The first kappa shape index (κ1) is 10.5. The van der Waals surface area contributed by atoms with Crippen molar-refractivity contribution in [3.8, 4) is 0 Å². The summed E-state index contributed by atoms with van der Waals surface area (Å²) >= 11 is 2.70. The van der Waals surface area contributed by atoms with E-state index in [1.165, 1.54) is 23.3 Å². The average Bonchev–Trinajstić information content (AvgIpc) is 2.65. The zero-order valence-corrected chi connectivity index (χ0v) is 9.55. The molecule has 0 aliphatic rings. The molecular weight excluding hydrogens is 232 g/mol. The largest absolute Gasteiger partial charge is 0.392 e. The van der Waals surface area contributed by atoms with Crippen molar-refractivity contribution in [2.45, 2.75) is 23.0 Å². The summed E-state index contributed by atoms with van der Waals surface area (Å²) in [6.07, 6.45) is 3.20. The number of aliphatic hydroxyl groups is 1. The molecule has 0 saturated heterocycles. The van der Waals surface area contributed by atoms with Crippen molar-refractivity contribution in [3.63, 3.8) is 0 Å². The van der Waals surface area contributed by atoms with Crippen molar-refractivity contribution < 1.29 is 5.11 Å². The van der Waals surface area contributed by atoms with Crippen LogP contribution in [0.5, 0.6) is 0 Å². The Morgan fingerprint density at radius 2 is 2.13 bits per heavy atom. The van der Waals surface area contributed by atoms with Gasteiger partial charge in [0.15, 0.2) is 9.50 Å². The summed E-state index contributed by atoms with van der Waals surface area (Å²) in [5, 5.41) is 9.43. The van der Waals surface area contributed by atoms with E-state index in [0.29, 0.717) is 10.7 Å².